The highest BCUT2D eigenvalue weighted by Crippen LogP contribution is 2.37. The summed E-state index contributed by atoms with van der Waals surface area (Å²) in [6.07, 6.45) is 3.15. The molecule has 1 saturated carbocycles. The van der Waals surface area contributed by atoms with Gasteiger partial charge in [-0.25, -0.2) is 4.79 Å². The Morgan fingerprint density at radius 1 is 1.33 bits per heavy atom. The van der Waals surface area contributed by atoms with Crippen molar-refractivity contribution in [2.75, 3.05) is 26.4 Å². The molecule has 1 atom stereocenters. The smallest absolute Gasteiger partial charge is 0.351 e. The van der Waals surface area contributed by atoms with Crippen LogP contribution in [-0.2, 0) is 22.4 Å². The fourth-order valence-corrected chi connectivity index (χ4v) is 4.40. The van der Waals surface area contributed by atoms with Crippen LogP contribution in [0.1, 0.15) is 23.3 Å². The van der Waals surface area contributed by atoms with Gasteiger partial charge >= 0.3 is 5.69 Å². The molecule has 0 radical (unpaired) electrons. The van der Waals surface area contributed by atoms with Gasteiger partial charge in [0.2, 0.25) is 5.88 Å². The van der Waals surface area contributed by atoms with E-state index in [0.717, 1.165) is 21.9 Å². The van der Waals surface area contributed by atoms with E-state index in [1.807, 2.05) is 6.07 Å². The lowest BCUT2D eigenvalue weighted by Gasteiger charge is -2.23. The van der Waals surface area contributed by atoms with Crippen LogP contribution >= 0.6 is 11.3 Å². The van der Waals surface area contributed by atoms with Crippen molar-refractivity contribution in [2.24, 2.45) is 5.92 Å². The van der Waals surface area contributed by atoms with E-state index in [9.17, 15) is 4.79 Å². The molecule has 1 saturated heterocycles. The first-order chi connectivity index (χ1) is 13.3. The van der Waals surface area contributed by atoms with E-state index >= 15 is 0 Å². The lowest BCUT2D eigenvalue weighted by Crippen LogP contribution is -2.34. The predicted octanol–water partition coefficient (Wildman–Crippen LogP) is 2.08. The number of nitrogens with zero attached hydrogens (tertiary/aromatic N) is 2. The van der Waals surface area contributed by atoms with Crippen LogP contribution in [0.5, 0.6) is 5.88 Å². The van der Waals surface area contributed by atoms with Crippen LogP contribution in [-0.4, -0.2) is 42.1 Å². The van der Waals surface area contributed by atoms with E-state index in [-0.39, 0.29) is 11.8 Å². The summed E-state index contributed by atoms with van der Waals surface area (Å²) in [5.41, 5.74) is 1.85. The molecule has 0 spiro atoms. The molecule has 6 nitrogen and oxygen atoms in total. The van der Waals surface area contributed by atoms with Gasteiger partial charge in [0.1, 0.15) is 12.7 Å². The Hall–Kier alpha value is -2.14. The van der Waals surface area contributed by atoms with Crippen molar-refractivity contribution in [3.05, 3.63) is 33.1 Å². The fraction of sp³-hybridized carbons (Fsp3) is 0.500. The second-order valence-corrected chi connectivity index (χ2v) is 8.10. The van der Waals surface area contributed by atoms with Crippen LogP contribution in [0.4, 0.5) is 0 Å². The van der Waals surface area contributed by atoms with E-state index < -0.39 is 0 Å². The number of hydrogen-bond donors (Lipinski definition) is 0. The average molecular weight is 384 g/mol. The van der Waals surface area contributed by atoms with Gasteiger partial charge in [-0.15, -0.1) is 11.3 Å². The maximum Gasteiger partial charge on any atom is 0.351 e. The first kappa shape index (κ1) is 17.0. The van der Waals surface area contributed by atoms with E-state index in [0.29, 0.717) is 44.8 Å². The molecular weight excluding hydrogens is 364 g/mol. The molecule has 0 bridgehead atoms. The minimum absolute atomic E-state index is 0.124. The van der Waals surface area contributed by atoms with Gasteiger partial charge < -0.3 is 14.2 Å². The number of fused-ring (bicyclic) bond motifs is 3. The van der Waals surface area contributed by atoms with Gasteiger partial charge in [0.05, 0.1) is 35.3 Å². The molecule has 3 aliphatic rings. The van der Waals surface area contributed by atoms with Crippen molar-refractivity contribution in [3.8, 4) is 28.3 Å². The standard InChI is InChI=1S/C20H20N2O4S/c23-20-21-18(26-12-15-11-24-7-8-25-15)10-17-19-14(5-6-22(17)20)9-16(27-19)4-3-13-1-2-13/h9-10,13,15H,1-2,5-8,11-12H2/t15-/m0/s1. The van der Waals surface area contributed by atoms with Crippen molar-refractivity contribution in [1.82, 2.24) is 9.55 Å². The van der Waals surface area contributed by atoms with E-state index in [2.05, 4.69) is 22.9 Å². The molecule has 7 heteroatoms. The zero-order valence-corrected chi connectivity index (χ0v) is 15.7. The zero-order valence-electron chi connectivity index (χ0n) is 14.9. The summed E-state index contributed by atoms with van der Waals surface area (Å²) in [6.45, 7) is 2.65. The number of rotatable bonds is 3. The molecule has 0 aromatic carbocycles. The summed E-state index contributed by atoms with van der Waals surface area (Å²) >= 11 is 1.65. The van der Waals surface area contributed by atoms with E-state index in [1.165, 1.54) is 18.4 Å². The summed E-state index contributed by atoms with van der Waals surface area (Å²) in [7, 11) is 0. The number of ether oxygens (including phenoxy) is 3. The Kier molecular flexibility index (Phi) is 4.48. The second kappa shape index (κ2) is 7.12. The van der Waals surface area contributed by atoms with Crippen molar-refractivity contribution < 1.29 is 14.2 Å². The van der Waals surface area contributed by atoms with Gasteiger partial charge in [-0.3, -0.25) is 4.57 Å². The molecule has 0 amide bonds. The minimum Gasteiger partial charge on any atom is -0.475 e. The van der Waals surface area contributed by atoms with Gasteiger partial charge in [0.15, 0.2) is 0 Å². The van der Waals surface area contributed by atoms with Crippen LogP contribution in [0.3, 0.4) is 0 Å². The van der Waals surface area contributed by atoms with Crippen LogP contribution in [0.15, 0.2) is 16.9 Å². The zero-order chi connectivity index (χ0) is 18.2. The maximum absolute atomic E-state index is 12.5. The minimum atomic E-state index is -0.270. The lowest BCUT2D eigenvalue weighted by molar-refractivity contribution is -0.102. The summed E-state index contributed by atoms with van der Waals surface area (Å²) in [5.74, 6) is 7.53. The highest BCUT2D eigenvalue weighted by atomic mass is 32.1. The third kappa shape index (κ3) is 3.65. The number of hydrogen-bond acceptors (Lipinski definition) is 6. The molecule has 2 aliphatic heterocycles. The molecule has 2 aromatic rings. The first-order valence-electron chi connectivity index (χ1n) is 9.35. The topological polar surface area (TPSA) is 62.6 Å². The quantitative estimate of drug-likeness (QED) is 0.759. The van der Waals surface area contributed by atoms with Crippen molar-refractivity contribution >= 4 is 11.3 Å². The molecule has 2 aromatic heterocycles. The first-order valence-corrected chi connectivity index (χ1v) is 10.2. The van der Waals surface area contributed by atoms with Gasteiger partial charge in [-0.05, 0) is 30.9 Å². The maximum atomic E-state index is 12.5. The Labute approximate surface area is 161 Å². The predicted molar refractivity (Wildman–Crippen MR) is 101 cm³/mol. The molecule has 2 fully saturated rings. The van der Waals surface area contributed by atoms with Gasteiger partial charge in [0.25, 0.3) is 0 Å². The molecule has 140 valence electrons. The number of aromatic nitrogens is 2. The summed E-state index contributed by atoms with van der Waals surface area (Å²) < 4.78 is 18.4. The lowest BCUT2D eigenvalue weighted by atomic mass is 10.1. The van der Waals surface area contributed by atoms with E-state index in [1.54, 1.807) is 15.9 Å². The van der Waals surface area contributed by atoms with Crippen molar-refractivity contribution in [1.29, 1.82) is 0 Å². The largest absolute Gasteiger partial charge is 0.475 e. The Morgan fingerprint density at radius 3 is 3.07 bits per heavy atom. The summed E-state index contributed by atoms with van der Waals surface area (Å²) in [4.78, 5) is 18.7. The normalized spacial score (nSPS) is 21.0. The van der Waals surface area contributed by atoms with E-state index in [4.69, 9.17) is 14.2 Å². The fourth-order valence-electron chi connectivity index (χ4n) is 3.30. The van der Waals surface area contributed by atoms with Gasteiger partial charge in [0, 0.05) is 18.5 Å². The highest BCUT2D eigenvalue weighted by molar-refractivity contribution is 7.16. The van der Waals surface area contributed by atoms with Crippen molar-refractivity contribution in [3.63, 3.8) is 0 Å². The molecule has 27 heavy (non-hydrogen) atoms. The Morgan fingerprint density at radius 2 is 2.26 bits per heavy atom. The average Bonchev–Trinajstić information content (AvgIpc) is 3.42. The Balaban J connectivity index is 1.41. The molecule has 1 aliphatic carbocycles. The monoisotopic (exact) mass is 384 g/mol. The molecule has 0 N–H and O–H groups in total. The molecule has 0 unspecified atom stereocenters. The molecule has 5 rings (SSSR count). The molecule has 4 heterocycles. The van der Waals surface area contributed by atoms with Crippen LogP contribution in [0, 0.1) is 17.8 Å². The SMILES string of the molecule is O=c1nc(OC[C@@H]2COCCO2)cc2n1CCc1cc(C#CC3CC3)sc1-2. The number of aryl methyl sites for hydroxylation is 1. The summed E-state index contributed by atoms with van der Waals surface area (Å²) in [6, 6.07) is 4.02. The second-order valence-electron chi connectivity index (χ2n) is 7.05. The van der Waals surface area contributed by atoms with Gasteiger partial charge in [-0.2, -0.15) is 4.98 Å². The van der Waals surface area contributed by atoms with Crippen LogP contribution in [0.2, 0.25) is 0 Å². The van der Waals surface area contributed by atoms with Gasteiger partial charge in [-0.1, -0.05) is 11.8 Å². The van der Waals surface area contributed by atoms with Crippen LogP contribution in [0.25, 0.3) is 10.6 Å². The van der Waals surface area contributed by atoms with Crippen LogP contribution < -0.4 is 10.4 Å². The molecular formula is C20H20N2O4S. The Bertz CT molecular complexity index is 974. The third-order valence-corrected chi connectivity index (χ3v) is 6.03. The third-order valence-electron chi connectivity index (χ3n) is 4.91. The summed E-state index contributed by atoms with van der Waals surface area (Å²) in [5, 5.41) is 0. The highest BCUT2D eigenvalue weighted by Gasteiger charge is 2.23. The van der Waals surface area contributed by atoms with Crippen molar-refractivity contribution in [2.45, 2.75) is 31.9 Å². The number of thiophene rings is 1.